The lowest BCUT2D eigenvalue weighted by atomic mass is 10.1. The lowest BCUT2D eigenvalue weighted by molar-refractivity contribution is -0.385. The highest BCUT2D eigenvalue weighted by Crippen LogP contribution is 2.22. The van der Waals surface area contributed by atoms with Gasteiger partial charge < -0.3 is 5.73 Å². The molecule has 0 spiro atoms. The van der Waals surface area contributed by atoms with E-state index in [4.69, 9.17) is 5.73 Å². The van der Waals surface area contributed by atoms with Crippen molar-refractivity contribution in [2.75, 3.05) is 13.1 Å². The average Bonchev–Trinajstić information content (AvgIpc) is 2.39. The summed E-state index contributed by atoms with van der Waals surface area (Å²) in [4.78, 5) is 9.87. The molecule has 1 radical (unpaired) electrons. The van der Waals surface area contributed by atoms with E-state index >= 15 is 0 Å². The first kappa shape index (κ1) is 13.9. The second-order valence-corrected chi connectivity index (χ2v) is 6.32. The summed E-state index contributed by atoms with van der Waals surface area (Å²) < 4.78 is 25.9. The predicted molar refractivity (Wildman–Crippen MR) is 67.9 cm³/mol. The number of non-ortho nitro benzene ring substituents is 1. The van der Waals surface area contributed by atoms with E-state index < -0.39 is 14.9 Å². The van der Waals surface area contributed by atoms with E-state index in [1.807, 2.05) is 0 Å². The lowest BCUT2D eigenvalue weighted by Crippen LogP contribution is -2.42. The minimum Gasteiger partial charge on any atom is -0.328 e. The van der Waals surface area contributed by atoms with Gasteiger partial charge in [-0.05, 0) is 18.9 Å². The van der Waals surface area contributed by atoms with E-state index in [-0.39, 0.29) is 16.6 Å². The highest BCUT2D eigenvalue weighted by atomic mass is 32.2. The molecule has 0 saturated carbocycles. The Morgan fingerprint density at radius 2 is 2.05 bits per heavy atom. The smallest absolute Gasteiger partial charge is 0.270 e. The molecule has 7 nitrogen and oxygen atoms in total. The molecule has 0 aliphatic carbocycles. The molecular weight excluding hydrogens is 270 g/mol. The van der Waals surface area contributed by atoms with Crippen LogP contribution in [-0.4, -0.2) is 36.8 Å². The van der Waals surface area contributed by atoms with Crippen molar-refractivity contribution in [1.82, 2.24) is 4.31 Å². The van der Waals surface area contributed by atoms with Crippen LogP contribution in [0.25, 0.3) is 0 Å². The van der Waals surface area contributed by atoms with Gasteiger partial charge in [0.25, 0.3) is 5.69 Å². The Hall–Kier alpha value is -1.51. The van der Waals surface area contributed by atoms with Crippen LogP contribution in [-0.2, 0) is 10.0 Å². The van der Waals surface area contributed by atoms with Crippen molar-refractivity contribution in [3.63, 3.8) is 0 Å². The lowest BCUT2D eigenvalue weighted by Gasteiger charge is -2.29. The molecular formula is C11H14N3O4S. The standard InChI is InChI=1S/C11H14N3O4S/c12-9-4-6-13(7-5-9)19(17,18)11-3-1-2-10(8-11)14(15)16/h1-2,8-9H,4-7,12H2. The van der Waals surface area contributed by atoms with Crippen LogP contribution in [0.15, 0.2) is 23.1 Å². The number of hydrogen-bond donors (Lipinski definition) is 1. The summed E-state index contributed by atoms with van der Waals surface area (Å²) in [5.74, 6) is 0. The van der Waals surface area contributed by atoms with E-state index in [9.17, 15) is 18.5 Å². The zero-order valence-electron chi connectivity index (χ0n) is 10.2. The molecule has 1 aliphatic rings. The average molecular weight is 284 g/mol. The maximum absolute atomic E-state index is 12.3. The molecule has 19 heavy (non-hydrogen) atoms. The van der Waals surface area contributed by atoms with Crippen LogP contribution in [0.4, 0.5) is 5.69 Å². The van der Waals surface area contributed by atoms with Crippen LogP contribution < -0.4 is 5.73 Å². The maximum atomic E-state index is 12.3. The molecule has 0 unspecified atom stereocenters. The summed E-state index contributed by atoms with van der Waals surface area (Å²) in [6, 6.07) is 6.06. The Morgan fingerprint density at radius 1 is 1.42 bits per heavy atom. The Bertz CT molecular complexity index is 579. The van der Waals surface area contributed by atoms with Gasteiger partial charge >= 0.3 is 0 Å². The van der Waals surface area contributed by atoms with E-state index in [1.165, 1.54) is 16.4 Å². The van der Waals surface area contributed by atoms with E-state index in [1.54, 1.807) is 0 Å². The van der Waals surface area contributed by atoms with Crippen molar-refractivity contribution < 1.29 is 13.3 Å². The van der Waals surface area contributed by atoms with Crippen LogP contribution in [0, 0.1) is 16.2 Å². The molecule has 0 aromatic heterocycles. The van der Waals surface area contributed by atoms with Gasteiger partial charge in [0.05, 0.1) is 9.82 Å². The molecule has 1 saturated heterocycles. The molecule has 1 heterocycles. The molecule has 1 aromatic carbocycles. The summed E-state index contributed by atoms with van der Waals surface area (Å²) in [7, 11) is -3.72. The van der Waals surface area contributed by atoms with Crippen molar-refractivity contribution in [2.45, 2.75) is 23.8 Å². The summed E-state index contributed by atoms with van der Waals surface area (Å²) in [5.41, 5.74) is 5.47. The van der Waals surface area contributed by atoms with Crippen molar-refractivity contribution in [3.8, 4) is 0 Å². The number of nitrogens with two attached hydrogens (primary N) is 1. The molecule has 0 bridgehead atoms. The number of benzene rings is 1. The third-order valence-corrected chi connectivity index (χ3v) is 4.92. The van der Waals surface area contributed by atoms with Crippen LogP contribution in [0.5, 0.6) is 0 Å². The van der Waals surface area contributed by atoms with Gasteiger partial charge in [0.1, 0.15) is 0 Å². The topological polar surface area (TPSA) is 107 Å². The zero-order valence-corrected chi connectivity index (χ0v) is 11.0. The highest BCUT2D eigenvalue weighted by molar-refractivity contribution is 7.89. The molecule has 0 amide bonds. The number of nitro benzene ring substituents is 1. The Kier molecular flexibility index (Phi) is 3.83. The van der Waals surface area contributed by atoms with Crippen molar-refractivity contribution in [3.05, 3.63) is 34.4 Å². The fraction of sp³-hybridized carbons (Fsp3) is 0.455. The SMILES string of the molecule is NC1CCN(S(=O)(=O)c2[c]ccc([N+](=O)[O-])c2)CC1. The van der Waals surface area contributed by atoms with Crippen molar-refractivity contribution in [2.24, 2.45) is 5.73 Å². The van der Waals surface area contributed by atoms with Gasteiger partial charge in [-0.25, -0.2) is 8.42 Å². The summed E-state index contributed by atoms with van der Waals surface area (Å²) in [6.45, 7) is 0.667. The van der Waals surface area contributed by atoms with Gasteiger partial charge in [-0.1, -0.05) is 0 Å². The third-order valence-electron chi connectivity index (χ3n) is 3.09. The number of hydrogen-bond acceptors (Lipinski definition) is 5. The van der Waals surface area contributed by atoms with Crippen molar-refractivity contribution >= 4 is 15.7 Å². The van der Waals surface area contributed by atoms with Crippen LogP contribution in [0.2, 0.25) is 0 Å². The normalized spacial score (nSPS) is 18.4. The van der Waals surface area contributed by atoms with Crippen LogP contribution in [0.1, 0.15) is 12.8 Å². The molecule has 2 rings (SSSR count). The van der Waals surface area contributed by atoms with Crippen LogP contribution >= 0.6 is 0 Å². The summed E-state index contributed by atoms with van der Waals surface area (Å²) >= 11 is 0. The predicted octanol–water partition coefficient (Wildman–Crippen LogP) is 0.507. The molecule has 103 valence electrons. The Balaban J connectivity index is 2.29. The summed E-state index contributed by atoms with van der Waals surface area (Å²) in [6.07, 6.45) is 1.18. The minimum absolute atomic E-state index is 0.0144. The maximum Gasteiger partial charge on any atom is 0.270 e. The molecule has 0 atom stereocenters. The van der Waals surface area contributed by atoms with Crippen molar-refractivity contribution in [1.29, 1.82) is 0 Å². The second kappa shape index (κ2) is 5.24. The molecule has 8 heteroatoms. The zero-order chi connectivity index (χ0) is 14.0. The van der Waals surface area contributed by atoms with Gasteiger partial charge in [-0.15, -0.1) is 0 Å². The highest BCUT2D eigenvalue weighted by Gasteiger charge is 2.29. The first-order valence-corrected chi connectivity index (χ1v) is 7.27. The number of rotatable bonds is 3. The van der Waals surface area contributed by atoms with E-state index in [0.29, 0.717) is 25.9 Å². The van der Waals surface area contributed by atoms with Gasteiger partial charge in [0.2, 0.25) is 10.0 Å². The quantitative estimate of drug-likeness (QED) is 0.642. The first-order chi connectivity index (χ1) is 8.91. The second-order valence-electron chi connectivity index (χ2n) is 4.41. The Morgan fingerprint density at radius 3 is 2.63 bits per heavy atom. The van der Waals surface area contributed by atoms with E-state index in [2.05, 4.69) is 6.07 Å². The first-order valence-electron chi connectivity index (χ1n) is 5.83. The molecule has 1 aromatic rings. The van der Waals surface area contributed by atoms with Gasteiger partial charge in [0, 0.05) is 37.3 Å². The molecule has 1 fully saturated rings. The van der Waals surface area contributed by atoms with Crippen LogP contribution in [0.3, 0.4) is 0 Å². The largest absolute Gasteiger partial charge is 0.328 e. The number of nitrogens with zero attached hydrogens (tertiary/aromatic N) is 2. The molecule has 1 aliphatic heterocycles. The number of nitro groups is 1. The monoisotopic (exact) mass is 284 g/mol. The van der Waals surface area contributed by atoms with Gasteiger partial charge in [-0.3, -0.25) is 10.1 Å². The third kappa shape index (κ3) is 2.91. The van der Waals surface area contributed by atoms with Gasteiger partial charge in [-0.2, -0.15) is 4.31 Å². The number of sulfonamides is 1. The fourth-order valence-electron chi connectivity index (χ4n) is 1.95. The minimum atomic E-state index is -3.72. The number of piperidine rings is 1. The molecule has 2 N–H and O–H groups in total. The summed E-state index contributed by atoms with van der Waals surface area (Å²) in [5, 5.41) is 10.7. The van der Waals surface area contributed by atoms with Gasteiger partial charge in [0.15, 0.2) is 0 Å². The van der Waals surface area contributed by atoms with E-state index in [0.717, 1.165) is 6.07 Å². The Labute approximate surface area is 111 Å². The fourth-order valence-corrected chi connectivity index (χ4v) is 3.41.